The van der Waals surface area contributed by atoms with Crippen LogP contribution in [0.1, 0.15) is 24.4 Å². The van der Waals surface area contributed by atoms with Gasteiger partial charge in [-0.1, -0.05) is 54.6 Å². The Morgan fingerprint density at radius 1 is 0.867 bits per heavy atom. The maximum Gasteiger partial charge on any atom is 0.319 e. The van der Waals surface area contributed by atoms with Gasteiger partial charge < -0.3 is 20.3 Å². The molecule has 5 nitrogen and oxygen atoms in total. The van der Waals surface area contributed by atoms with Gasteiger partial charge in [0.25, 0.3) is 0 Å². The van der Waals surface area contributed by atoms with Crippen LogP contribution in [-0.4, -0.2) is 30.6 Å². The molecule has 1 fully saturated rings. The van der Waals surface area contributed by atoms with Gasteiger partial charge in [-0.15, -0.1) is 0 Å². The molecule has 0 spiro atoms. The van der Waals surface area contributed by atoms with E-state index in [1.165, 1.54) is 12.8 Å². The molecule has 2 N–H and O–H groups in total. The van der Waals surface area contributed by atoms with Gasteiger partial charge in [0.2, 0.25) is 0 Å². The maximum atomic E-state index is 12.8. The number of nitrogens with zero attached hydrogens (tertiary/aromatic N) is 1. The van der Waals surface area contributed by atoms with Crippen molar-refractivity contribution < 1.29 is 9.53 Å². The highest BCUT2D eigenvalue weighted by atomic mass is 16.5. The number of carbonyl (C=O) groups excluding carboxylic acids is 1. The quantitative estimate of drug-likeness (QED) is 0.554. The summed E-state index contributed by atoms with van der Waals surface area (Å²) in [6.45, 7) is 2.99. The average Bonchev–Trinajstić information content (AvgIpc) is 3.28. The molecule has 1 aliphatic heterocycles. The van der Waals surface area contributed by atoms with E-state index in [0.29, 0.717) is 11.4 Å². The second-order valence-corrected chi connectivity index (χ2v) is 7.51. The smallest absolute Gasteiger partial charge is 0.319 e. The summed E-state index contributed by atoms with van der Waals surface area (Å²) in [5.41, 5.74) is 1.80. The van der Waals surface area contributed by atoms with Crippen molar-refractivity contribution in [2.24, 2.45) is 0 Å². The maximum absolute atomic E-state index is 12.8. The summed E-state index contributed by atoms with van der Waals surface area (Å²) in [5, 5.41) is 6.09. The van der Waals surface area contributed by atoms with Gasteiger partial charge in [-0.3, -0.25) is 0 Å². The molecule has 5 heteroatoms. The molecule has 1 heterocycles. The number of anilines is 1. The number of amides is 2. The van der Waals surface area contributed by atoms with E-state index in [4.69, 9.17) is 4.74 Å². The molecule has 0 aliphatic carbocycles. The first kappa shape index (κ1) is 20.0. The number of carbonyl (C=O) groups is 1. The summed E-state index contributed by atoms with van der Waals surface area (Å²) >= 11 is 0. The highest BCUT2D eigenvalue weighted by Crippen LogP contribution is 2.24. The number of ether oxygens (including phenoxy) is 1. The lowest BCUT2D eigenvalue weighted by Gasteiger charge is -2.25. The van der Waals surface area contributed by atoms with E-state index in [0.717, 1.165) is 30.9 Å². The van der Waals surface area contributed by atoms with Crippen LogP contribution in [0.4, 0.5) is 10.5 Å². The third kappa shape index (κ3) is 5.61. The van der Waals surface area contributed by atoms with Crippen LogP contribution in [0.15, 0.2) is 84.9 Å². The monoisotopic (exact) mass is 401 g/mol. The molecular weight excluding hydrogens is 374 g/mol. The normalized spacial score (nSPS) is 14.8. The zero-order valence-electron chi connectivity index (χ0n) is 17.0. The Morgan fingerprint density at radius 2 is 1.53 bits per heavy atom. The number of nitrogens with one attached hydrogen (secondary N) is 2. The van der Waals surface area contributed by atoms with Crippen molar-refractivity contribution in [3.05, 3.63) is 90.5 Å². The number of rotatable bonds is 7. The number of hydrogen-bond acceptors (Lipinski definition) is 3. The van der Waals surface area contributed by atoms with E-state index >= 15 is 0 Å². The molecule has 1 saturated heterocycles. The van der Waals surface area contributed by atoms with Crippen LogP contribution >= 0.6 is 0 Å². The van der Waals surface area contributed by atoms with E-state index in [1.807, 2.05) is 72.8 Å². The van der Waals surface area contributed by atoms with E-state index in [1.54, 1.807) is 0 Å². The van der Waals surface area contributed by atoms with E-state index < -0.39 is 0 Å². The Morgan fingerprint density at radius 3 is 2.27 bits per heavy atom. The van der Waals surface area contributed by atoms with Crippen molar-refractivity contribution >= 4 is 11.7 Å². The number of likely N-dealkylation sites (tertiary alicyclic amines) is 1. The molecule has 0 aromatic heterocycles. The Hall–Kier alpha value is -3.31. The second-order valence-electron chi connectivity index (χ2n) is 7.51. The van der Waals surface area contributed by atoms with Crippen LogP contribution in [0.2, 0.25) is 0 Å². The number of urea groups is 1. The molecule has 3 aromatic carbocycles. The fraction of sp³-hybridized carbons (Fsp3) is 0.240. The summed E-state index contributed by atoms with van der Waals surface area (Å²) in [6, 6.07) is 26.9. The van der Waals surface area contributed by atoms with Crippen molar-refractivity contribution in [3.8, 4) is 11.5 Å². The van der Waals surface area contributed by atoms with Crippen LogP contribution < -0.4 is 15.4 Å². The first-order chi connectivity index (χ1) is 14.8. The average molecular weight is 402 g/mol. The first-order valence-corrected chi connectivity index (χ1v) is 10.4. The Kier molecular flexibility index (Phi) is 6.62. The predicted octanol–water partition coefficient (Wildman–Crippen LogP) is 5.44. The molecular formula is C25H27N3O2. The minimum absolute atomic E-state index is 0.0620. The van der Waals surface area contributed by atoms with Gasteiger partial charge in [-0.25, -0.2) is 4.79 Å². The minimum atomic E-state index is -0.222. The molecule has 1 aliphatic rings. The van der Waals surface area contributed by atoms with Crippen LogP contribution in [0, 0.1) is 0 Å². The van der Waals surface area contributed by atoms with Crippen molar-refractivity contribution in [2.75, 3.05) is 25.0 Å². The third-order valence-corrected chi connectivity index (χ3v) is 5.22. The molecule has 0 saturated carbocycles. The van der Waals surface area contributed by atoms with Crippen LogP contribution in [0.5, 0.6) is 11.5 Å². The molecule has 2 amide bonds. The molecule has 4 rings (SSSR count). The van der Waals surface area contributed by atoms with Gasteiger partial charge >= 0.3 is 6.03 Å². The van der Waals surface area contributed by atoms with E-state index in [-0.39, 0.29) is 12.1 Å². The largest absolute Gasteiger partial charge is 0.457 e. The van der Waals surface area contributed by atoms with Crippen molar-refractivity contribution in [1.82, 2.24) is 10.2 Å². The Bertz CT molecular complexity index is 941. The van der Waals surface area contributed by atoms with Gasteiger partial charge in [0, 0.05) is 18.3 Å². The minimum Gasteiger partial charge on any atom is -0.457 e. The van der Waals surface area contributed by atoms with E-state index in [2.05, 4.69) is 27.7 Å². The fourth-order valence-corrected chi connectivity index (χ4v) is 3.73. The number of benzene rings is 3. The fourth-order valence-electron chi connectivity index (χ4n) is 3.73. The van der Waals surface area contributed by atoms with Gasteiger partial charge in [0.1, 0.15) is 11.5 Å². The number of hydrogen-bond donors (Lipinski definition) is 2. The van der Waals surface area contributed by atoms with Crippen LogP contribution in [-0.2, 0) is 0 Å². The summed E-state index contributed by atoms with van der Waals surface area (Å²) in [7, 11) is 0. The van der Waals surface area contributed by atoms with Gasteiger partial charge in [0.05, 0.1) is 6.04 Å². The Labute approximate surface area is 177 Å². The molecule has 1 atom stereocenters. The number of para-hydroxylation sites is 1. The standard InChI is InChI=1S/C25H27N3O2/c29-25(26-21-12-9-15-23(18-21)30-22-13-5-2-6-14-22)27-24(19-28-16-7-8-17-28)20-10-3-1-4-11-20/h1-6,9-15,18,24H,7-8,16-17,19H2,(H2,26,27,29). The van der Waals surface area contributed by atoms with Crippen molar-refractivity contribution in [3.63, 3.8) is 0 Å². The van der Waals surface area contributed by atoms with Crippen LogP contribution in [0.25, 0.3) is 0 Å². The molecule has 0 radical (unpaired) electrons. The first-order valence-electron chi connectivity index (χ1n) is 10.4. The molecule has 1 unspecified atom stereocenters. The van der Waals surface area contributed by atoms with Crippen LogP contribution in [0.3, 0.4) is 0 Å². The predicted molar refractivity (Wildman–Crippen MR) is 120 cm³/mol. The third-order valence-electron chi connectivity index (χ3n) is 5.22. The lowest BCUT2D eigenvalue weighted by molar-refractivity contribution is 0.240. The zero-order chi connectivity index (χ0) is 20.6. The highest BCUT2D eigenvalue weighted by molar-refractivity contribution is 5.89. The highest BCUT2D eigenvalue weighted by Gasteiger charge is 2.20. The second kappa shape index (κ2) is 9.94. The summed E-state index contributed by atoms with van der Waals surface area (Å²) < 4.78 is 5.86. The summed E-state index contributed by atoms with van der Waals surface area (Å²) in [5.74, 6) is 1.43. The lowest BCUT2D eigenvalue weighted by atomic mass is 10.1. The Balaban J connectivity index is 1.41. The van der Waals surface area contributed by atoms with Gasteiger partial charge in [0.15, 0.2) is 0 Å². The van der Waals surface area contributed by atoms with Crippen molar-refractivity contribution in [2.45, 2.75) is 18.9 Å². The van der Waals surface area contributed by atoms with Gasteiger partial charge in [-0.2, -0.15) is 0 Å². The SMILES string of the molecule is O=C(Nc1cccc(Oc2ccccc2)c1)NC(CN1CCCC1)c1ccccc1. The summed E-state index contributed by atoms with van der Waals surface area (Å²) in [6.07, 6.45) is 2.45. The molecule has 0 bridgehead atoms. The summed E-state index contributed by atoms with van der Waals surface area (Å²) in [4.78, 5) is 15.2. The topological polar surface area (TPSA) is 53.6 Å². The lowest BCUT2D eigenvalue weighted by Crippen LogP contribution is -2.39. The molecule has 30 heavy (non-hydrogen) atoms. The van der Waals surface area contributed by atoms with Gasteiger partial charge in [-0.05, 0) is 55.8 Å². The molecule has 3 aromatic rings. The van der Waals surface area contributed by atoms with E-state index in [9.17, 15) is 4.79 Å². The van der Waals surface area contributed by atoms with Crippen molar-refractivity contribution in [1.29, 1.82) is 0 Å². The molecule has 154 valence electrons. The zero-order valence-corrected chi connectivity index (χ0v) is 17.0.